The van der Waals surface area contributed by atoms with Crippen molar-refractivity contribution in [3.05, 3.63) is 28.8 Å². The number of benzene rings is 1. The number of carbonyl (C=O) groups is 3. The molecule has 1 aromatic carbocycles. The fourth-order valence-electron chi connectivity index (χ4n) is 2.04. The number of hydrogen-bond acceptors (Lipinski definition) is 3. The van der Waals surface area contributed by atoms with Crippen LogP contribution >= 0.6 is 11.6 Å². The van der Waals surface area contributed by atoms with Gasteiger partial charge < -0.3 is 20.6 Å². The minimum absolute atomic E-state index is 0.0140. The number of urea groups is 1. The number of carbonyl (C=O) groups excluding carboxylic acids is 2. The van der Waals surface area contributed by atoms with E-state index < -0.39 is 5.97 Å². The van der Waals surface area contributed by atoms with Crippen LogP contribution in [0.4, 0.5) is 10.5 Å². The van der Waals surface area contributed by atoms with Crippen LogP contribution in [-0.4, -0.2) is 47.0 Å². The van der Waals surface area contributed by atoms with E-state index in [-0.39, 0.29) is 34.5 Å². The van der Waals surface area contributed by atoms with Gasteiger partial charge in [0.25, 0.3) is 5.91 Å². The first-order chi connectivity index (χ1) is 11.5. The van der Waals surface area contributed by atoms with E-state index in [2.05, 4.69) is 10.6 Å². The summed E-state index contributed by atoms with van der Waals surface area (Å²) in [5, 5.41) is 14.3. The highest BCUT2D eigenvalue weighted by Crippen LogP contribution is 2.22. The summed E-state index contributed by atoms with van der Waals surface area (Å²) in [6, 6.07) is 4.25. The second-order valence-corrected chi connectivity index (χ2v) is 7.15. The van der Waals surface area contributed by atoms with Gasteiger partial charge in [0.15, 0.2) is 0 Å². The Labute approximate surface area is 152 Å². The zero-order chi connectivity index (χ0) is 19.2. The third kappa shape index (κ3) is 7.43. The molecular formula is C17H24ClN3O4. The molecule has 3 N–H and O–H groups in total. The normalized spacial score (nSPS) is 10.9. The lowest BCUT2D eigenvalue weighted by Crippen LogP contribution is -2.43. The van der Waals surface area contributed by atoms with Crippen molar-refractivity contribution < 1.29 is 19.5 Å². The maximum absolute atomic E-state index is 12.5. The molecule has 0 aliphatic rings. The van der Waals surface area contributed by atoms with E-state index in [0.29, 0.717) is 18.7 Å². The maximum atomic E-state index is 12.5. The number of anilines is 1. The Hall–Kier alpha value is -2.28. The van der Waals surface area contributed by atoms with Gasteiger partial charge in [0.05, 0.1) is 10.6 Å². The lowest BCUT2D eigenvalue weighted by Gasteiger charge is -2.21. The van der Waals surface area contributed by atoms with Crippen LogP contribution < -0.4 is 10.6 Å². The Morgan fingerprint density at radius 3 is 2.44 bits per heavy atom. The van der Waals surface area contributed by atoms with E-state index in [0.717, 1.165) is 0 Å². The zero-order valence-electron chi connectivity index (χ0n) is 14.9. The molecule has 0 aromatic heterocycles. The number of halogens is 1. The topological polar surface area (TPSA) is 98.7 Å². The first kappa shape index (κ1) is 20.8. The maximum Gasteiger partial charge on any atom is 0.319 e. The molecule has 1 rings (SSSR count). The smallest absolute Gasteiger partial charge is 0.319 e. The van der Waals surface area contributed by atoms with Crippen LogP contribution in [0.2, 0.25) is 5.02 Å². The summed E-state index contributed by atoms with van der Waals surface area (Å²) in [6.07, 6.45) is 0.334. The Bertz CT molecular complexity index is 656. The first-order valence-corrected chi connectivity index (χ1v) is 8.23. The summed E-state index contributed by atoms with van der Waals surface area (Å²) in [5.41, 5.74) is 0.293. The number of nitrogens with zero attached hydrogens (tertiary/aromatic N) is 1. The second-order valence-electron chi connectivity index (χ2n) is 6.75. The highest BCUT2D eigenvalue weighted by atomic mass is 35.5. The minimum atomic E-state index is -0.907. The summed E-state index contributed by atoms with van der Waals surface area (Å²) in [7, 11) is 1.58. The molecule has 7 nitrogen and oxygen atoms in total. The molecule has 0 heterocycles. The van der Waals surface area contributed by atoms with Crippen molar-refractivity contribution in [2.45, 2.75) is 39.2 Å². The predicted octanol–water partition coefficient (Wildman–Crippen LogP) is 3.20. The summed E-state index contributed by atoms with van der Waals surface area (Å²) >= 11 is 6.09. The van der Waals surface area contributed by atoms with Crippen LogP contribution in [0.25, 0.3) is 0 Å². The molecule has 0 unspecified atom stereocenters. The van der Waals surface area contributed by atoms with Gasteiger partial charge in [-0.1, -0.05) is 11.6 Å². The highest BCUT2D eigenvalue weighted by Gasteiger charge is 2.18. The van der Waals surface area contributed by atoms with E-state index in [1.54, 1.807) is 13.1 Å². The monoisotopic (exact) mass is 369 g/mol. The van der Waals surface area contributed by atoms with Crippen molar-refractivity contribution in [1.29, 1.82) is 0 Å². The quantitative estimate of drug-likeness (QED) is 0.717. The lowest BCUT2D eigenvalue weighted by atomic mass is 10.1. The van der Waals surface area contributed by atoms with Crippen LogP contribution in [-0.2, 0) is 4.79 Å². The van der Waals surface area contributed by atoms with Gasteiger partial charge in [0, 0.05) is 31.2 Å². The number of amides is 3. The predicted molar refractivity (Wildman–Crippen MR) is 97.2 cm³/mol. The van der Waals surface area contributed by atoms with Crippen molar-refractivity contribution in [2.24, 2.45) is 0 Å². The van der Waals surface area contributed by atoms with Crippen LogP contribution in [0.1, 0.15) is 44.0 Å². The molecule has 0 radical (unpaired) electrons. The first-order valence-electron chi connectivity index (χ1n) is 7.85. The number of nitrogens with one attached hydrogen (secondary N) is 2. The Balaban J connectivity index is 2.81. The van der Waals surface area contributed by atoms with Gasteiger partial charge in [-0.05, 0) is 45.4 Å². The van der Waals surface area contributed by atoms with Gasteiger partial charge >= 0.3 is 12.0 Å². The molecule has 0 fully saturated rings. The number of carboxylic acids is 1. The van der Waals surface area contributed by atoms with Crippen molar-refractivity contribution in [1.82, 2.24) is 10.2 Å². The summed E-state index contributed by atoms with van der Waals surface area (Å²) < 4.78 is 0. The largest absolute Gasteiger partial charge is 0.481 e. The van der Waals surface area contributed by atoms with Crippen LogP contribution in [0.15, 0.2) is 18.2 Å². The highest BCUT2D eigenvalue weighted by molar-refractivity contribution is 6.34. The summed E-state index contributed by atoms with van der Waals surface area (Å²) in [5.74, 6) is -1.25. The second kappa shape index (κ2) is 8.71. The average Bonchev–Trinajstić information content (AvgIpc) is 2.46. The number of carboxylic acid groups (broad SMARTS) is 1. The van der Waals surface area contributed by atoms with Crippen molar-refractivity contribution in [3.8, 4) is 0 Å². The zero-order valence-corrected chi connectivity index (χ0v) is 15.6. The third-order valence-electron chi connectivity index (χ3n) is 3.17. The third-order valence-corrected chi connectivity index (χ3v) is 3.50. The van der Waals surface area contributed by atoms with Crippen molar-refractivity contribution in [3.63, 3.8) is 0 Å². The minimum Gasteiger partial charge on any atom is -0.481 e. The van der Waals surface area contributed by atoms with Gasteiger partial charge in [0.1, 0.15) is 0 Å². The molecule has 1 aromatic rings. The number of hydrogen-bond donors (Lipinski definition) is 3. The van der Waals surface area contributed by atoms with Gasteiger partial charge in [-0.2, -0.15) is 0 Å². The van der Waals surface area contributed by atoms with Crippen LogP contribution in [0.3, 0.4) is 0 Å². The molecule has 0 bridgehead atoms. The molecule has 0 aliphatic heterocycles. The van der Waals surface area contributed by atoms with Crippen molar-refractivity contribution in [2.75, 3.05) is 18.9 Å². The van der Waals surface area contributed by atoms with Gasteiger partial charge in [-0.3, -0.25) is 9.59 Å². The Morgan fingerprint density at radius 2 is 1.88 bits per heavy atom. The van der Waals surface area contributed by atoms with Gasteiger partial charge in [-0.25, -0.2) is 4.79 Å². The Morgan fingerprint density at radius 1 is 1.24 bits per heavy atom. The van der Waals surface area contributed by atoms with E-state index in [9.17, 15) is 14.4 Å². The molecule has 0 saturated carbocycles. The molecule has 138 valence electrons. The molecular weight excluding hydrogens is 346 g/mol. The van der Waals surface area contributed by atoms with E-state index >= 15 is 0 Å². The molecule has 0 spiro atoms. The van der Waals surface area contributed by atoms with E-state index in [4.69, 9.17) is 16.7 Å². The summed E-state index contributed by atoms with van der Waals surface area (Å²) in [4.78, 5) is 36.4. The van der Waals surface area contributed by atoms with E-state index in [1.165, 1.54) is 17.0 Å². The molecule has 3 amide bonds. The van der Waals surface area contributed by atoms with Gasteiger partial charge in [0.2, 0.25) is 0 Å². The number of aliphatic carboxylic acids is 1. The molecule has 8 heteroatoms. The van der Waals surface area contributed by atoms with Crippen LogP contribution in [0, 0.1) is 0 Å². The summed E-state index contributed by atoms with van der Waals surface area (Å²) in [6.45, 7) is 5.87. The SMILES string of the molecule is CN(CCCC(=O)O)C(=O)c1cc(NC(=O)NC(C)(C)C)ccc1Cl. The van der Waals surface area contributed by atoms with Gasteiger partial charge in [-0.15, -0.1) is 0 Å². The standard InChI is InChI=1S/C17H24ClN3O4/c1-17(2,3)20-16(25)19-11-7-8-13(18)12(10-11)15(24)21(4)9-5-6-14(22)23/h7-8,10H,5-6,9H2,1-4H3,(H,22,23)(H2,19,20,25). The van der Waals surface area contributed by atoms with E-state index in [1.807, 2.05) is 20.8 Å². The molecule has 25 heavy (non-hydrogen) atoms. The van der Waals surface area contributed by atoms with Crippen LogP contribution in [0.5, 0.6) is 0 Å². The number of rotatable bonds is 6. The fraction of sp³-hybridized carbons (Fsp3) is 0.471. The molecule has 0 atom stereocenters. The van der Waals surface area contributed by atoms with Crippen molar-refractivity contribution >= 4 is 35.2 Å². The lowest BCUT2D eigenvalue weighted by molar-refractivity contribution is -0.137. The Kier molecular flexibility index (Phi) is 7.23. The fourth-order valence-corrected chi connectivity index (χ4v) is 2.24. The molecule has 0 aliphatic carbocycles. The average molecular weight is 370 g/mol. The molecule has 0 saturated heterocycles.